The monoisotopic (exact) mass is 365 g/mol. The summed E-state index contributed by atoms with van der Waals surface area (Å²) >= 11 is 0. The average molecular weight is 365 g/mol. The molecule has 6 heteroatoms. The normalized spacial score (nSPS) is 18.3. The third-order valence-electron chi connectivity index (χ3n) is 5.62. The van der Waals surface area contributed by atoms with Crippen molar-refractivity contribution in [2.24, 2.45) is 5.92 Å². The van der Waals surface area contributed by atoms with Gasteiger partial charge in [0.15, 0.2) is 5.82 Å². The molecular formula is C21H27N5O. The number of nitrogens with zero attached hydrogens (tertiary/aromatic N) is 5. The molecule has 142 valence electrons. The van der Waals surface area contributed by atoms with E-state index in [0.29, 0.717) is 18.3 Å². The van der Waals surface area contributed by atoms with E-state index >= 15 is 0 Å². The van der Waals surface area contributed by atoms with Crippen molar-refractivity contribution in [3.05, 3.63) is 36.2 Å². The van der Waals surface area contributed by atoms with Crippen LogP contribution in [-0.4, -0.2) is 51.9 Å². The first-order valence-corrected chi connectivity index (χ1v) is 10.0. The first-order chi connectivity index (χ1) is 13.2. The van der Waals surface area contributed by atoms with E-state index in [4.69, 9.17) is 4.98 Å². The second-order valence-electron chi connectivity index (χ2n) is 7.52. The van der Waals surface area contributed by atoms with Gasteiger partial charge in [0.25, 0.3) is 0 Å². The number of carbonyl (C=O) groups is 1. The first kappa shape index (κ1) is 17.9. The van der Waals surface area contributed by atoms with Gasteiger partial charge in [0.05, 0.1) is 6.54 Å². The predicted molar refractivity (Wildman–Crippen MR) is 105 cm³/mol. The van der Waals surface area contributed by atoms with Crippen LogP contribution >= 0.6 is 0 Å². The summed E-state index contributed by atoms with van der Waals surface area (Å²) in [6.45, 7) is 5.00. The SMILES string of the molecule is CCc1cc(N2CCN(CC3CCCC3)C(=O)C2)nc(-c2ccccn2)n1. The zero-order chi connectivity index (χ0) is 18.6. The van der Waals surface area contributed by atoms with E-state index in [0.717, 1.165) is 43.3 Å². The Hall–Kier alpha value is -2.50. The molecule has 0 spiro atoms. The molecule has 0 unspecified atom stereocenters. The topological polar surface area (TPSA) is 62.2 Å². The Morgan fingerprint density at radius 1 is 1.15 bits per heavy atom. The summed E-state index contributed by atoms with van der Waals surface area (Å²) in [4.78, 5) is 30.6. The molecule has 27 heavy (non-hydrogen) atoms. The number of pyridine rings is 1. The average Bonchev–Trinajstić information content (AvgIpc) is 3.23. The number of hydrogen-bond acceptors (Lipinski definition) is 5. The second-order valence-corrected chi connectivity index (χ2v) is 7.52. The van der Waals surface area contributed by atoms with Crippen LogP contribution in [0.15, 0.2) is 30.5 Å². The van der Waals surface area contributed by atoms with Gasteiger partial charge < -0.3 is 9.80 Å². The molecule has 6 nitrogen and oxygen atoms in total. The Morgan fingerprint density at radius 2 is 2.00 bits per heavy atom. The molecule has 2 aliphatic rings. The molecule has 0 aromatic carbocycles. The van der Waals surface area contributed by atoms with Gasteiger partial charge in [-0.1, -0.05) is 25.8 Å². The van der Waals surface area contributed by atoms with Crippen LogP contribution in [0.3, 0.4) is 0 Å². The molecule has 1 aliphatic carbocycles. The molecule has 1 amide bonds. The molecule has 2 aromatic rings. The van der Waals surface area contributed by atoms with Crippen LogP contribution in [0.2, 0.25) is 0 Å². The lowest BCUT2D eigenvalue weighted by Gasteiger charge is -2.36. The number of carbonyl (C=O) groups excluding carboxylic acids is 1. The summed E-state index contributed by atoms with van der Waals surface area (Å²) in [5.74, 6) is 2.37. The van der Waals surface area contributed by atoms with E-state index < -0.39 is 0 Å². The zero-order valence-corrected chi connectivity index (χ0v) is 16.0. The highest BCUT2D eigenvalue weighted by Gasteiger charge is 2.28. The third kappa shape index (κ3) is 4.10. The van der Waals surface area contributed by atoms with Crippen molar-refractivity contribution >= 4 is 11.7 Å². The van der Waals surface area contributed by atoms with Crippen LogP contribution in [0, 0.1) is 5.92 Å². The minimum atomic E-state index is 0.212. The standard InChI is InChI=1S/C21H27N5O/c1-2-17-13-19(24-21(23-17)18-9-5-6-10-22-18)25-11-12-26(20(27)15-25)14-16-7-3-4-8-16/h5-6,9-10,13,16H,2-4,7-8,11-12,14-15H2,1H3. The third-order valence-corrected chi connectivity index (χ3v) is 5.62. The molecule has 1 aliphatic heterocycles. The minimum Gasteiger partial charge on any atom is -0.345 e. The number of hydrogen-bond donors (Lipinski definition) is 0. The van der Waals surface area contributed by atoms with Crippen LogP contribution in [-0.2, 0) is 11.2 Å². The van der Waals surface area contributed by atoms with E-state index in [2.05, 4.69) is 21.8 Å². The number of amides is 1. The largest absolute Gasteiger partial charge is 0.345 e. The van der Waals surface area contributed by atoms with Gasteiger partial charge in [0.1, 0.15) is 11.5 Å². The quantitative estimate of drug-likeness (QED) is 0.815. The van der Waals surface area contributed by atoms with Gasteiger partial charge in [-0.05, 0) is 37.3 Å². The molecular weight excluding hydrogens is 338 g/mol. The highest BCUT2D eigenvalue weighted by molar-refractivity contribution is 5.82. The van der Waals surface area contributed by atoms with Crippen molar-refractivity contribution in [1.82, 2.24) is 19.9 Å². The van der Waals surface area contributed by atoms with Crippen LogP contribution in [0.1, 0.15) is 38.3 Å². The number of rotatable bonds is 5. The highest BCUT2D eigenvalue weighted by Crippen LogP contribution is 2.27. The van der Waals surface area contributed by atoms with Gasteiger partial charge in [-0.3, -0.25) is 9.78 Å². The Labute approximate surface area is 160 Å². The fourth-order valence-corrected chi connectivity index (χ4v) is 4.04. The Kier molecular flexibility index (Phi) is 5.32. The van der Waals surface area contributed by atoms with Crippen molar-refractivity contribution in [1.29, 1.82) is 0 Å². The maximum atomic E-state index is 12.7. The highest BCUT2D eigenvalue weighted by atomic mass is 16.2. The van der Waals surface area contributed by atoms with Crippen LogP contribution < -0.4 is 4.90 Å². The number of aryl methyl sites for hydroxylation is 1. The predicted octanol–water partition coefficient (Wildman–Crippen LogP) is 2.94. The van der Waals surface area contributed by atoms with Gasteiger partial charge in [-0.25, -0.2) is 9.97 Å². The minimum absolute atomic E-state index is 0.212. The summed E-state index contributed by atoms with van der Waals surface area (Å²) in [6, 6.07) is 7.75. The van der Waals surface area contributed by atoms with Crippen molar-refractivity contribution < 1.29 is 4.79 Å². The first-order valence-electron chi connectivity index (χ1n) is 10.0. The summed E-state index contributed by atoms with van der Waals surface area (Å²) in [5, 5.41) is 0. The molecule has 3 heterocycles. The molecule has 4 rings (SSSR count). The van der Waals surface area contributed by atoms with Gasteiger partial charge in [0, 0.05) is 37.6 Å². The van der Waals surface area contributed by atoms with Crippen molar-refractivity contribution in [3.8, 4) is 11.5 Å². The van der Waals surface area contributed by atoms with Crippen molar-refractivity contribution in [2.45, 2.75) is 39.0 Å². The molecule has 0 radical (unpaired) electrons. The van der Waals surface area contributed by atoms with Gasteiger partial charge in [-0.2, -0.15) is 0 Å². The maximum absolute atomic E-state index is 12.7. The number of anilines is 1. The Bertz CT molecular complexity index is 788. The molecule has 0 N–H and O–H groups in total. The second kappa shape index (κ2) is 8.03. The van der Waals surface area contributed by atoms with Crippen molar-refractivity contribution in [3.63, 3.8) is 0 Å². The fourth-order valence-electron chi connectivity index (χ4n) is 4.04. The summed E-state index contributed by atoms with van der Waals surface area (Å²) < 4.78 is 0. The Balaban J connectivity index is 1.51. The maximum Gasteiger partial charge on any atom is 0.242 e. The van der Waals surface area contributed by atoms with Gasteiger partial charge in [0.2, 0.25) is 5.91 Å². The Morgan fingerprint density at radius 3 is 2.70 bits per heavy atom. The molecule has 1 saturated heterocycles. The lowest BCUT2D eigenvalue weighted by Crippen LogP contribution is -2.51. The number of piperazine rings is 1. The summed E-state index contributed by atoms with van der Waals surface area (Å²) in [6.07, 6.45) is 7.75. The van der Waals surface area contributed by atoms with Crippen LogP contribution in [0.5, 0.6) is 0 Å². The van der Waals surface area contributed by atoms with Crippen molar-refractivity contribution in [2.75, 3.05) is 31.1 Å². The molecule has 0 atom stereocenters. The van der Waals surface area contributed by atoms with E-state index in [1.54, 1.807) is 6.20 Å². The molecule has 0 bridgehead atoms. The molecule has 2 aromatic heterocycles. The number of aromatic nitrogens is 3. The zero-order valence-electron chi connectivity index (χ0n) is 16.0. The van der Waals surface area contributed by atoms with Crippen LogP contribution in [0.25, 0.3) is 11.5 Å². The summed E-state index contributed by atoms with van der Waals surface area (Å²) in [5.41, 5.74) is 1.74. The molecule has 1 saturated carbocycles. The lowest BCUT2D eigenvalue weighted by molar-refractivity contribution is -0.131. The smallest absolute Gasteiger partial charge is 0.242 e. The van der Waals surface area contributed by atoms with Gasteiger partial charge in [-0.15, -0.1) is 0 Å². The van der Waals surface area contributed by atoms with Gasteiger partial charge >= 0.3 is 0 Å². The van der Waals surface area contributed by atoms with E-state index in [1.165, 1.54) is 25.7 Å². The van der Waals surface area contributed by atoms with E-state index in [9.17, 15) is 4.79 Å². The van der Waals surface area contributed by atoms with E-state index in [-0.39, 0.29) is 5.91 Å². The fraction of sp³-hybridized carbons (Fsp3) is 0.524. The molecule has 2 fully saturated rings. The summed E-state index contributed by atoms with van der Waals surface area (Å²) in [7, 11) is 0. The van der Waals surface area contributed by atoms with Crippen LogP contribution in [0.4, 0.5) is 5.82 Å². The van der Waals surface area contributed by atoms with E-state index in [1.807, 2.05) is 29.2 Å². The lowest BCUT2D eigenvalue weighted by atomic mass is 10.1.